The monoisotopic (exact) mass is 278 g/mol. The average Bonchev–Trinajstić information content (AvgIpc) is 2.34. The lowest BCUT2D eigenvalue weighted by molar-refractivity contribution is -0.143. The molecule has 0 atom stereocenters. The lowest BCUT2D eigenvalue weighted by Crippen LogP contribution is -2.14. The normalized spacial score (nSPS) is 10.2. The van der Waals surface area contributed by atoms with Crippen molar-refractivity contribution in [3.8, 4) is 0 Å². The van der Waals surface area contributed by atoms with Gasteiger partial charge >= 0.3 is 11.9 Å². The minimum Gasteiger partial charge on any atom is -0.463 e. The van der Waals surface area contributed by atoms with Crippen LogP contribution in [0, 0.1) is 0 Å². The molecule has 7 nitrogen and oxygen atoms in total. The molecule has 112 valence electrons. The van der Waals surface area contributed by atoms with Crippen molar-refractivity contribution in [3.63, 3.8) is 0 Å². The van der Waals surface area contributed by atoms with Crippen molar-refractivity contribution < 1.29 is 33.3 Å². The summed E-state index contributed by atoms with van der Waals surface area (Å²) in [5.41, 5.74) is 0. The Kier molecular flexibility index (Phi) is 12.4. The van der Waals surface area contributed by atoms with Gasteiger partial charge in [-0.3, -0.25) is 9.59 Å². The van der Waals surface area contributed by atoms with E-state index < -0.39 is 0 Å². The van der Waals surface area contributed by atoms with E-state index in [1.807, 2.05) is 0 Å². The first-order chi connectivity index (χ1) is 9.13. The average molecular weight is 278 g/mol. The molecular formula is C12H22O7. The van der Waals surface area contributed by atoms with Crippen LogP contribution < -0.4 is 0 Å². The number of hydrogen-bond donors (Lipinski definition) is 0. The Balaban J connectivity index is 2.99. The zero-order chi connectivity index (χ0) is 14.3. The van der Waals surface area contributed by atoms with Crippen LogP contribution in [0.25, 0.3) is 0 Å². The van der Waals surface area contributed by atoms with E-state index in [1.165, 1.54) is 13.8 Å². The van der Waals surface area contributed by atoms with Crippen molar-refractivity contribution in [1.82, 2.24) is 0 Å². The molecular weight excluding hydrogens is 256 g/mol. The molecule has 0 unspecified atom stereocenters. The van der Waals surface area contributed by atoms with Gasteiger partial charge < -0.3 is 23.7 Å². The fraction of sp³-hybridized carbons (Fsp3) is 0.833. The van der Waals surface area contributed by atoms with Crippen LogP contribution in [0.3, 0.4) is 0 Å². The highest BCUT2D eigenvalue weighted by molar-refractivity contribution is 5.66. The number of hydrogen-bond acceptors (Lipinski definition) is 7. The maximum atomic E-state index is 10.4. The number of ether oxygens (including phenoxy) is 5. The smallest absolute Gasteiger partial charge is 0.302 e. The third-order valence-corrected chi connectivity index (χ3v) is 1.81. The molecule has 0 amide bonds. The van der Waals surface area contributed by atoms with Crippen molar-refractivity contribution in [1.29, 1.82) is 0 Å². The van der Waals surface area contributed by atoms with Crippen molar-refractivity contribution in [3.05, 3.63) is 0 Å². The van der Waals surface area contributed by atoms with Crippen LogP contribution in [0.15, 0.2) is 0 Å². The molecule has 0 heterocycles. The zero-order valence-electron chi connectivity index (χ0n) is 11.5. The van der Waals surface area contributed by atoms with E-state index in [-0.39, 0.29) is 25.2 Å². The van der Waals surface area contributed by atoms with Crippen LogP contribution in [-0.2, 0) is 33.3 Å². The van der Waals surface area contributed by atoms with Crippen molar-refractivity contribution >= 4 is 11.9 Å². The van der Waals surface area contributed by atoms with E-state index in [4.69, 9.17) is 14.2 Å². The fourth-order valence-corrected chi connectivity index (χ4v) is 1.03. The van der Waals surface area contributed by atoms with Crippen LogP contribution >= 0.6 is 0 Å². The summed E-state index contributed by atoms with van der Waals surface area (Å²) in [4.78, 5) is 20.8. The molecule has 0 aromatic carbocycles. The Morgan fingerprint density at radius 2 is 0.842 bits per heavy atom. The third-order valence-electron chi connectivity index (χ3n) is 1.81. The summed E-state index contributed by atoms with van der Waals surface area (Å²) in [5, 5.41) is 0. The largest absolute Gasteiger partial charge is 0.463 e. The molecule has 0 aromatic heterocycles. The maximum absolute atomic E-state index is 10.4. The molecule has 0 spiro atoms. The van der Waals surface area contributed by atoms with Crippen molar-refractivity contribution in [2.24, 2.45) is 0 Å². The van der Waals surface area contributed by atoms with Crippen LogP contribution in [0.5, 0.6) is 0 Å². The topological polar surface area (TPSA) is 80.3 Å². The van der Waals surface area contributed by atoms with E-state index in [1.54, 1.807) is 0 Å². The van der Waals surface area contributed by atoms with Crippen LogP contribution in [0.1, 0.15) is 13.8 Å². The fourth-order valence-electron chi connectivity index (χ4n) is 1.03. The maximum Gasteiger partial charge on any atom is 0.302 e. The summed E-state index contributed by atoms with van der Waals surface area (Å²) in [6.45, 7) is 5.73. The summed E-state index contributed by atoms with van der Waals surface area (Å²) >= 11 is 0. The van der Waals surface area contributed by atoms with E-state index in [0.717, 1.165) is 0 Å². The Morgan fingerprint density at radius 3 is 1.11 bits per heavy atom. The minimum absolute atomic E-state index is 0.259. The Hall–Kier alpha value is -1.18. The molecule has 0 fully saturated rings. The summed E-state index contributed by atoms with van der Waals surface area (Å²) in [6.07, 6.45) is 0. The number of rotatable bonds is 12. The third kappa shape index (κ3) is 16.8. The van der Waals surface area contributed by atoms with Gasteiger partial charge in [0.05, 0.1) is 39.6 Å². The lowest BCUT2D eigenvalue weighted by atomic mass is 10.7. The second-order valence-corrected chi connectivity index (χ2v) is 3.52. The Bertz CT molecular complexity index is 218. The van der Waals surface area contributed by atoms with Gasteiger partial charge in [0.25, 0.3) is 0 Å². The summed E-state index contributed by atoms with van der Waals surface area (Å²) in [7, 11) is 0. The predicted molar refractivity (Wildman–Crippen MR) is 65.7 cm³/mol. The standard InChI is InChI=1S/C12H22O7/c1-11(13)18-9-7-16-5-3-15-4-6-17-8-10-19-12(2)14/h3-10H2,1-2H3. The Morgan fingerprint density at radius 1 is 0.579 bits per heavy atom. The molecule has 7 heteroatoms. The summed E-state index contributed by atoms with van der Waals surface area (Å²) < 4.78 is 24.9. The number of carbonyl (C=O) groups is 2. The van der Waals surface area contributed by atoms with Gasteiger partial charge in [-0.25, -0.2) is 0 Å². The first-order valence-corrected chi connectivity index (χ1v) is 6.13. The SMILES string of the molecule is CC(=O)OCCOCCOCCOCCOC(C)=O. The summed E-state index contributed by atoms with van der Waals surface area (Å²) in [6, 6.07) is 0. The van der Waals surface area contributed by atoms with Gasteiger partial charge in [0.1, 0.15) is 13.2 Å². The molecule has 0 aliphatic rings. The summed E-state index contributed by atoms with van der Waals surface area (Å²) in [5.74, 6) is -0.628. The molecule has 0 aromatic rings. The molecule has 0 saturated heterocycles. The molecule has 0 N–H and O–H groups in total. The first kappa shape index (κ1) is 17.8. The Labute approximate surface area is 113 Å². The molecule has 0 rings (SSSR count). The van der Waals surface area contributed by atoms with Gasteiger partial charge in [-0.05, 0) is 0 Å². The second kappa shape index (κ2) is 13.3. The highest BCUT2D eigenvalue weighted by Crippen LogP contribution is 1.84. The molecule has 0 radical (unpaired) electrons. The minimum atomic E-state index is -0.314. The van der Waals surface area contributed by atoms with Gasteiger partial charge in [-0.2, -0.15) is 0 Å². The van der Waals surface area contributed by atoms with E-state index in [9.17, 15) is 9.59 Å². The quantitative estimate of drug-likeness (QED) is 0.371. The lowest BCUT2D eigenvalue weighted by Gasteiger charge is -2.07. The molecule has 0 saturated carbocycles. The van der Waals surface area contributed by atoms with Gasteiger partial charge in [0.2, 0.25) is 0 Å². The highest BCUT2D eigenvalue weighted by atomic mass is 16.6. The number of esters is 2. The van der Waals surface area contributed by atoms with Gasteiger partial charge in [-0.1, -0.05) is 0 Å². The molecule has 0 aliphatic heterocycles. The zero-order valence-corrected chi connectivity index (χ0v) is 11.5. The van der Waals surface area contributed by atoms with Gasteiger partial charge in [0.15, 0.2) is 0 Å². The van der Waals surface area contributed by atoms with Gasteiger partial charge in [0, 0.05) is 13.8 Å². The van der Waals surface area contributed by atoms with Crippen LogP contribution in [0.2, 0.25) is 0 Å². The van der Waals surface area contributed by atoms with E-state index >= 15 is 0 Å². The van der Waals surface area contributed by atoms with E-state index in [2.05, 4.69) is 9.47 Å². The van der Waals surface area contributed by atoms with Crippen LogP contribution in [0.4, 0.5) is 0 Å². The second-order valence-electron chi connectivity index (χ2n) is 3.52. The van der Waals surface area contributed by atoms with Crippen LogP contribution in [-0.4, -0.2) is 64.8 Å². The van der Waals surface area contributed by atoms with Crippen molar-refractivity contribution in [2.75, 3.05) is 52.9 Å². The molecule has 0 aliphatic carbocycles. The van der Waals surface area contributed by atoms with E-state index in [0.29, 0.717) is 39.6 Å². The van der Waals surface area contributed by atoms with Gasteiger partial charge in [-0.15, -0.1) is 0 Å². The number of carbonyl (C=O) groups excluding carboxylic acids is 2. The molecule has 0 bridgehead atoms. The predicted octanol–water partition coefficient (Wildman–Crippen LogP) is 0.162. The first-order valence-electron chi connectivity index (χ1n) is 6.13. The molecule has 19 heavy (non-hydrogen) atoms. The highest BCUT2D eigenvalue weighted by Gasteiger charge is 1.95. The van der Waals surface area contributed by atoms with Crippen molar-refractivity contribution in [2.45, 2.75) is 13.8 Å².